The Morgan fingerprint density at radius 3 is 2.80 bits per heavy atom. The molecular formula is C15H21F2NOS. The fourth-order valence-corrected chi connectivity index (χ4v) is 3.72. The number of benzene rings is 1. The smallest absolute Gasteiger partial charge is 0.131 e. The van der Waals surface area contributed by atoms with Crippen molar-refractivity contribution >= 4 is 11.8 Å². The van der Waals surface area contributed by atoms with Gasteiger partial charge in [0.15, 0.2) is 0 Å². The van der Waals surface area contributed by atoms with Crippen molar-refractivity contribution in [3.8, 4) is 0 Å². The number of nitrogens with one attached hydrogen (secondary N) is 1. The van der Waals surface area contributed by atoms with Crippen LogP contribution in [0.2, 0.25) is 0 Å². The quantitative estimate of drug-likeness (QED) is 0.875. The number of thioether (sulfide) groups is 1. The van der Waals surface area contributed by atoms with Gasteiger partial charge in [0.25, 0.3) is 0 Å². The lowest BCUT2D eigenvalue weighted by Gasteiger charge is -2.31. The highest BCUT2D eigenvalue weighted by atomic mass is 32.2. The van der Waals surface area contributed by atoms with Gasteiger partial charge >= 0.3 is 0 Å². The molecule has 5 heteroatoms. The van der Waals surface area contributed by atoms with Crippen LogP contribution in [0, 0.1) is 11.6 Å². The molecule has 2 N–H and O–H groups in total. The van der Waals surface area contributed by atoms with Gasteiger partial charge in [-0.3, -0.25) is 0 Å². The van der Waals surface area contributed by atoms with Crippen molar-refractivity contribution in [2.45, 2.75) is 43.1 Å². The van der Waals surface area contributed by atoms with Crippen LogP contribution in [0.5, 0.6) is 0 Å². The van der Waals surface area contributed by atoms with Gasteiger partial charge in [-0.2, -0.15) is 11.8 Å². The Balaban J connectivity index is 1.92. The maximum absolute atomic E-state index is 13.6. The zero-order chi connectivity index (χ0) is 14.5. The summed E-state index contributed by atoms with van der Waals surface area (Å²) in [5.41, 5.74) is 0.149. The zero-order valence-corrected chi connectivity index (χ0v) is 12.4. The number of halogens is 2. The highest BCUT2D eigenvalue weighted by molar-refractivity contribution is 7.99. The first-order chi connectivity index (χ1) is 9.61. The summed E-state index contributed by atoms with van der Waals surface area (Å²) >= 11 is 1.84. The number of hydrogen-bond donors (Lipinski definition) is 2. The Morgan fingerprint density at radius 2 is 2.10 bits per heavy atom. The van der Waals surface area contributed by atoms with E-state index in [4.69, 9.17) is 0 Å². The summed E-state index contributed by atoms with van der Waals surface area (Å²) in [7, 11) is 0. The molecule has 0 bridgehead atoms. The number of rotatable bonds is 5. The summed E-state index contributed by atoms with van der Waals surface area (Å²) in [5, 5.41) is 13.9. The number of aliphatic hydroxyl groups excluding tert-OH is 1. The molecule has 1 saturated carbocycles. The van der Waals surface area contributed by atoms with Crippen LogP contribution >= 0.6 is 11.8 Å². The van der Waals surface area contributed by atoms with Gasteiger partial charge in [-0.1, -0.05) is 18.9 Å². The Morgan fingerprint density at radius 1 is 1.35 bits per heavy atom. The SMILES string of the molecule is CSC1CCCCC1NCC(O)c1ccc(F)cc1F. The Bertz CT molecular complexity index is 444. The van der Waals surface area contributed by atoms with Gasteiger partial charge in [-0.15, -0.1) is 0 Å². The van der Waals surface area contributed by atoms with E-state index in [1.165, 1.54) is 31.4 Å². The van der Waals surface area contributed by atoms with Crippen molar-refractivity contribution in [1.82, 2.24) is 5.32 Å². The van der Waals surface area contributed by atoms with Crippen molar-refractivity contribution in [1.29, 1.82) is 0 Å². The van der Waals surface area contributed by atoms with E-state index in [1.807, 2.05) is 11.8 Å². The van der Waals surface area contributed by atoms with Crippen molar-refractivity contribution in [3.63, 3.8) is 0 Å². The fourth-order valence-electron chi connectivity index (χ4n) is 2.76. The minimum atomic E-state index is -0.944. The molecule has 0 amide bonds. The minimum Gasteiger partial charge on any atom is -0.387 e. The van der Waals surface area contributed by atoms with E-state index in [1.54, 1.807) is 0 Å². The Hall–Kier alpha value is -0.650. The molecule has 2 nitrogen and oxygen atoms in total. The molecule has 0 radical (unpaired) electrons. The van der Waals surface area contributed by atoms with Crippen LogP contribution < -0.4 is 5.32 Å². The van der Waals surface area contributed by atoms with Crippen molar-refractivity contribution in [2.75, 3.05) is 12.8 Å². The van der Waals surface area contributed by atoms with Crippen LogP contribution in [0.25, 0.3) is 0 Å². The number of aliphatic hydroxyl groups is 1. The van der Waals surface area contributed by atoms with Gasteiger partial charge in [0.1, 0.15) is 11.6 Å². The summed E-state index contributed by atoms with van der Waals surface area (Å²) in [5.74, 6) is -1.31. The standard InChI is InChI=1S/C15H21F2NOS/c1-20-15-5-3-2-4-13(15)18-9-14(19)11-7-6-10(16)8-12(11)17/h6-8,13-15,18-19H,2-5,9H2,1H3. The first-order valence-electron chi connectivity index (χ1n) is 7.01. The average molecular weight is 301 g/mol. The molecule has 0 aromatic heterocycles. The second-order valence-corrected chi connectivity index (χ2v) is 6.33. The molecule has 1 aliphatic carbocycles. The number of hydrogen-bond acceptors (Lipinski definition) is 3. The van der Waals surface area contributed by atoms with Gasteiger partial charge in [-0.05, 0) is 25.2 Å². The molecule has 0 saturated heterocycles. The van der Waals surface area contributed by atoms with Gasteiger partial charge in [0.2, 0.25) is 0 Å². The van der Waals surface area contributed by atoms with Crippen molar-refractivity contribution in [3.05, 3.63) is 35.4 Å². The lowest BCUT2D eigenvalue weighted by atomic mass is 9.94. The first-order valence-corrected chi connectivity index (χ1v) is 8.30. The molecule has 2 rings (SSSR count). The molecule has 1 fully saturated rings. The predicted molar refractivity (Wildman–Crippen MR) is 78.9 cm³/mol. The molecule has 0 aliphatic heterocycles. The maximum atomic E-state index is 13.6. The van der Waals surface area contributed by atoms with Gasteiger partial charge < -0.3 is 10.4 Å². The van der Waals surface area contributed by atoms with E-state index in [9.17, 15) is 13.9 Å². The first kappa shape index (κ1) is 15.7. The van der Waals surface area contributed by atoms with Crippen LogP contribution in [0.4, 0.5) is 8.78 Å². The van der Waals surface area contributed by atoms with Gasteiger partial charge in [0, 0.05) is 29.5 Å². The van der Waals surface area contributed by atoms with Crippen LogP contribution in [0.1, 0.15) is 37.4 Å². The molecule has 1 aromatic rings. The topological polar surface area (TPSA) is 32.3 Å². The third-order valence-corrected chi connectivity index (χ3v) is 5.07. The van der Waals surface area contributed by atoms with Gasteiger partial charge in [-0.25, -0.2) is 8.78 Å². The lowest BCUT2D eigenvalue weighted by Crippen LogP contribution is -2.42. The van der Waals surface area contributed by atoms with E-state index in [0.29, 0.717) is 17.8 Å². The normalized spacial score (nSPS) is 24.6. The molecule has 3 unspecified atom stereocenters. The molecule has 20 heavy (non-hydrogen) atoms. The summed E-state index contributed by atoms with van der Waals surface area (Å²) in [4.78, 5) is 0. The van der Waals surface area contributed by atoms with E-state index >= 15 is 0 Å². The van der Waals surface area contributed by atoms with Crippen LogP contribution in [-0.2, 0) is 0 Å². The molecule has 1 aliphatic rings. The van der Waals surface area contributed by atoms with E-state index in [-0.39, 0.29) is 5.56 Å². The molecular weight excluding hydrogens is 280 g/mol. The predicted octanol–water partition coefficient (Wildman–Crippen LogP) is 3.26. The second kappa shape index (κ2) is 7.38. The van der Waals surface area contributed by atoms with Crippen LogP contribution in [-0.4, -0.2) is 29.2 Å². The second-order valence-electron chi connectivity index (χ2n) is 5.25. The summed E-state index contributed by atoms with van der Waals surface area (Å²) in [6.45, 7) is 0.296. The summed E-state index contributed by atoms with van der Waals surface area (Å²) in [6.07, 6.45) is 5.86. The zero-order valence-electron chi connectivity index (χ0n) is 11.6. The van der Waals surface area contributed by atoms with Crippen molar-refractivity contribution < 1.29 is 13.9 Å². The molecule has 3 atom stereocenters. The molecule has 1 aromatic carbocycles. The van der Waals surface area contributed by atoms with E-state index < -0.39 is 17.7 Å². The minimum absolute atomic E-state index is 0.149. The maximum Gasteiger partial charge on any atom is 0.131 e. The highest BCUT2D eigenvalue weighted by Gasteiger charge is 2.25. The molecule has 0 heterocycles. The third kappa shape index (κ3) is 3.93. The van der Waals surface area contributed by atoms with E-state index in [0.717, 1.165) is 12.5 Å². The van der Waals surface area contributed by atoms with Crippen LogP contribution in [0.15, 0.2) is 18.2 Å². The summed E-state index contributed by atoms with van der Waals surface area (Å²) < 4.78 is 26.4. The fraction of sp³-hybridized carbons (Fsp3) is 0.600. The third-order valence-electron chi connectivity index (χ3n) is 3.90. The molecule has 112 valence electrons. The Kier molecular flexibility index (Phi) is 5.81. The summed E-state index contributed by atoms with van der Waals surface area (Å²) in [6, 6.07) is 3.65. The molecule has 0 spiro atoms. The lowest BCUT2D eigenvalue weighted by molar-refractivity contribution is 0.162. The van der Waals surface area contributed by atoms with Crippen LogP contribution in [0.3, 0.4) is 0 Å². The average Bonchev–Trinajstić information content (AvgIpc) is 2.45. The van der Waals surface area contributed by atoms with Crippen molar-refractivity contribution in [2.24, 2.45) is 0 Å². The Labute approximate surface area is 123 Å². The van der Waals surface area contributed by atoms with E-state index in [2.05, 4.69) is 11.6 Å². The largest absolute Gasteiger partial charge is 0.387 e. The monoisotopic (exact) mass is 301 g/mol. The highest BCUT2D eigenvalue weighted by Crippen LogP contribution is 2.27. The van der Waals surface area contributed by atoms with Gasteiger partial charge in [0.05, 0.1) is 6.10 Å².